The number of furan rings is 1. The molecule has 4 aliphatic rings. The first-order chi connectivity index (χ1) is 34.0. The number of fused-ring (bicyclic) bond motifs is 11. The normalized spacial score (nSPS) is 15.3. The molecule has 0 spiro atoms. The lowest BCUT2D eigenvalue weighted by Gasteiger charge is -2.51. The molecule has 0 radical (unpaired) electrons. The van der Waals surface area contributed by atoms with Gasteiger partial charge in [-0.1, -0.05) is 181 Å². The van der Waals surface area contributed by atoms with Crippen molar-refractivity contribution in [3.63, 3.8) is 0 Å². The molecule has 4 nitrogen and oxygen atoms in total. The molecule has 0 amide bonds. The Morgan fingerprint density at radius 2 is 1.03 bits per heavy atom. The lowest BCUT2D eigenvalue weighted by atomic mass is 9.32. The number of aromatic nitrogens is 1. The Morgan fingerprint density at radius 3 is 1.65 bits per heavy atom. The minimum atomic E-state index is -0.283. The molecular weight excluding hydrogens is 894 g/mol. The van der Waals surface area contributed by atoms with Crippen molar-refractivity contribution in [1.29, 1.82) is 0 Å². The summed E-state index contributed by atoms with van der Waals surface area (Å²) in [5.74, 6) is 0. The molecule has 9 aromatic rings. The summed E-state index contributed by atoms with van der Waals surface area (Å²) in [6.07, 6.45) is 1.86. The van der Waals surface area contributed by atoms with E-state index in [2.05, 4.69) is 222 Å². The van der Waals surface area contributed by atoms with Crippen molar-refractivity contribution in [1.82, 2.24) is 4.98 Å². The van der Waals surface area contributed by atoms with Gasteiger partial charge in [0.15, 0.2) is 0 Å². The van der Waals surface area contributed by atoms with E-state index in [1.165, 1.54) is 93.7 Å². The number of hydrogen-bond donors (Lipinski definition) is 0. The molecule has 0 aliphatic carbocycles. The highest BCUT2D eigenvalue weighted by Gasteiger charge is 2.51. The summed E-state index contributed by atoms with van der Waals surface area (Å²) in [4.78, 5) is 12.7. The van der Waals surface area contributed by atoms with Crippen LogP contribution in [0.1, 0.15) is 130 Å². The molecule has 0 fully saturated rings. The monoisotopic (exact) mass is 957 g/mol. The van der Waals surface area contributed by atoms with Crippen LogP contribution in [0.4, 0.5) is 34.1 Å². The third-order valence-corrected chi connectivity index (χ3v) is 17.5. The molecule has 358 valence electrons. The SMILES string of the molecule is CC(C)(C)c1ccc2c(c1)Sc1cc(C(C)(C)C)cc3c1N2c1cc(-c2cccc4c2oc2c(-c5ccccn5)cccc24)cc2c1B3c1cc(C(C)(C)C)cc3c1N2c1ccc(C(C)(C)C)cc1C3(C)C. The van der Waals surface area contributed by atoms with Gasteiger partial charge in [-0.25, -0.2) is 0 Å². The van der Waals surface area contributed by atoms with Gasteiger partial charge in [-0.15, -0.1) is 0 Å². The molecular formula is C66H64BN3OS. The van der Waals surface area contributed by atoms with Crippen LogP contribution in [0.5, 0.6) is 0 Å². The van der Waals surface area contributed by atoms with Crippen molar-refractivity contribution in [2.75, 3.05) is 9.80 Å². The summed E-state index contributed by atoms with van der Waals surface area (Å²) in [7, 11) is 0. The largest absolute Gasteiger partial charge is 0.455 e. The average Bonchev–Trinajstić information content (AvgIpc) is 3.72. The second-order valence-corrected chi connectivity index (χ2v) is 26.8. The zero-order valence-corrected chi connectivity index (χ0v) is 45.3. The van der Waals surface area contributed by atoms with Gasteiger partial charge < -0.3 is 14.2 Å². The van der Waals surface area contributed by atoms with Crippen LogP contribution in [0.25, 0.3) is 44.3 Å². The van der Waals surface area contributed by atoms with Gasteiger partial charge in [0.25, 0.3) is 6.71 Å². The van der Waals surface area contributed by atoms with Crippen LogP contribution < -0.4 is 26.2 Å². The quantitative estimate of drug-likeness (QED) is 0.161. The molecule has 4 aliphatic heterocycles. The maximum Gasteiger partial charge on any atom is 0.252 e. The van der Waals surface area contributed by atoms with Crippen LogP contribution in [0.15, 0.2) is 148 Å². The standard InChI is InChI=1S/C66H64BN3OS/c1-62(2,3)38-24-26-51-46(31-38)66(13,14)47-32-40(64(7,8)9)33-48-58(47)69(51)53-29-37(42-19-17-20-43-44-21-18-22-45(61(44)71-60(42)43)50-23-15-16-28-68-50)30-54-57(53)67(48)49-34-41(65(10,11)12)36-56-59(49)70(54)52-27-25-39(63(4,5)6)35-55(52)72-56/h15-36H,1-14H3. The fourth-order valence-electron chi connectivity index (χ4n) is 12.3. The number of benzene rings is 7. The van der Waals surface area contributed by atoms with Crippen LogP contribution in [0, 0.1) is 0 Å². The smallest absolute Gasteiger partial charge is 0.252 e. The van der Waals surface area contributed by atoms with Crippen molar-refractivity contribution in [3.05, 3.63) is 167 Å². The Morgan fingerprint density at radius 1 is 0.486 bits per heavy atom. The highest BCUT2D eigenvalue weighted by atomic mass is 32.2. The van der Waals surface area contributed by atoms with E-state index in [4.69, 9.17) is 9.40 Å². The van der Waals surface area contributed by atoms with E-state index >= 15 is 0 Å². The predicted molar refractivity (Wildman–Crippen MR) is 307 cm³/mol. The summed E-state index contributed by atoms with van der Waals surface area (Å²) < 4.78 is 7.20. The molecule has 6 heteroatoms. The minimum Gasteiger partial charge on any atom is -0.455 e. The maximum atomic E-state index is 7.20. The molecule has 0 saturated carbocycles. The average molecular weight is 958 g/mol. The molecule has 0 N–H and O–H groups in total. The second kappa shape index (κ2) is 14.8. The highest BCUT2D eigenvalue weighted by molar-refractivity contribution is 7.99. The molecule has 0 atom stereocenters. The summed E-state index contributed by atoms with van der Waals surface area (Å²) in [6, 6.07) is 49.1. The van der Waals surface area contributed by atoms with Gasteiger partial charge >= 0.3 is 0 Å². The fraction of sp³-hybridized carbons (Fsp3) is 0.288. The van der Waals surface area contributed by atoms with Gasteiger partial charge in [-0.3, -0.25) is 4.98 Å². The van der Waals surface area contributed by atoms with Crippen LogP contribution in [-0.4, -0.2) is 11.7 Å². The second-order valence-electron chi connectivity index (χ2n) is 25.7. The summed E-state index contributed by atoms with van der Waals surface area (Å²) >= 11 is 1.95. The van der Waals surface area contributed by atoms with Gasteiger partial charge in [0, 0.05) is 60.4 Å². The third-order valence-electron chi connectivity index (χ3n) is 16.5. The van der Waals surface area contributed by atoms with Crippen LogP contribution in [0.2, 0.25) is 0 Å². The zero-order chi connectivity index (χ0) is 50.3. The van der Waals surface area contributed by atoms with Gasteiger partial charge in [-0.05, 0) is 132 Å². The molecule has 0 saturated heterocycles. The number of anilines is 6. The first kappa shape index (κ1) is 45.4. The summed E-state index contributed by atoms with van der Waals surface area (Å²) in [6.45, 7) is 33.2. The van der Waals surface area contributed by atoms with Gasteiger partial charge in [0.1, 0.15) is 11.2 Å². The number of nitrogens with zero attached hydrogens (tertiary/aromatic N) is 3. The Hall–Kier alpha value is -6.50. The number of rotatable bonds is 2. The van der Waals surface area contributed by atoms with Gasteiger partial charge in [0.2, 0.25) is 0 Å². The van der Waals surface area contributed by atoms with E-state index in [1.54, 1.807) is 0 Å². The summed E-state index contributed by atoms with van der Waals surface area (Å²) in [5, 5.41) is 2.19. The van der Waals surface area contributed by atoms with E-state index < -0.39 is 0 Å². The molecule has 0 unspecified atom stereocenters. The van der Waals surface area contributed by atoms with Crippen LogP contribution >= 0.6 is 11.8 Å². The Kier molecular flexibility index (Phi) is 9.34. The lowest BCUT2D eigenvalue weighted by Crippen LogP contribution is -2.63. The number of para-hydroxylation sites is 2. The van der Waals surface area contributed by atoms with E-state index in [0.717, 1.165) is 44.3 Å². The number of pyridine rings is 1. The van der Waals surface area contributed by atoms with Crippen molar-refractivity contribution in [2.24, 2.45) is 0 Å². The topological polar surface area (TPSA) is 32.5 Å². The minimum absolute atomic E-state index is 0.00344. The molecule has 6 heterocycles. The zero-order valence-electron chi connectivity index (χ0n) is 44.4. The van der Waals surface area contributed by atoms with Crippen molar-refractivity contribution in [2.45, 2.75) is 134 Å². The van der Waals surface area contributed by atoms with E-state index in [0.29, 0.717) is 0 Å². The van der Waals surface area contributed by atoms with E-state index in [1.807, 2.05) is 30.1 Å². The van der Waals surface area contributed by atoms with Gasteiger partial charge in [-0.2, -0.15) is 0 Å². The van der Waals surface area contributed by atoms with Crippen molar-refractivity contribution < 1.29 is 4.42 Å². The van der Waals surface area contributed by atoms with E-state index in [9.17, 15) is 0 Å². The lowest BCUT2D eigenvalue weighted by molar-refractivity contribution is 0.574. The molecule has 13 rings (SSSR count). The van der Waals surface area contributed by atoms with E-state index in [-0.39, 0.29) is 33.8 Å². The van der Waals surface area contributed by atoms with Crippen molar-refractivity contribution >= 4 is 90.9 Å². The molecule has 0 bridgehead atoms. The number of hydrogen-bond acceptors (Lipinski definition) is 5. The predicted octanol–water partition coefficient (Wildman–Crippen LogP) is 16.7. The highest BCUT2D eigenvalue weighted by Crippen LogP contribution is 2.59. The van der Waals surface area contributed by atoms with Crippen molar-refractivity contribution in [3.8, 4) is 22.4 Å². The molecule has 7 aromatic carbocycles. The molecule has 2 aromatic heterocycles. The fourth-order valence-corrected chi connectivity index (χ4v) is 13.5. The Balaban J connectivity index is 1.19. The summed E-state index contributed by atoms with van der Waals surface area (Å²) in [5.41, 5.74) is 25.3. The molecule has 72 heavy (non-hydrogen) atoms. The van der Waals surface area contributed by atoms with Gasteiger partial charge in [0.05, 0.1) is 22.8 Å². The third kappa shape index (κ3) is 6.49. The first-order valence-electron chi connectivity index (χ1n) is 26.0. The Labute approximate surface area is 431 Å². The van der Waals surface area contributed by atoms with Crippen LogP contribution in [0.3, 0.4) is 0 Å². The van der Waals surface area contributed by atoms with Crippen LogP contribution in [-0.2, 0) is 27.1 Å². The maximum absolute atomic E-state index is 7.20. The first-order valence-corrected chi connectivity index (χ1v) is 26.8. The Bertz CT molecular complexity index is 3810.